The standard InChI is InChI=1S/C11H18N2O3/c1-4-5-6-9-12-8(7-15-2)10(13-9)11(14)16-3/h4-7H2,1-3H3,(H,12,13). The van der Waals surface area contributed by atoms with Crippen molar-refractivity contribution in [3.63, 3.8) is 0 Å². The Labute approximate surface area is 95.2 Å². The van der Waals surface area contributed by atoms with Crippen LogP contribution in [0.5, 0.6) is 0 Å². The lowest BCUT2D eigenvalue weighted by Crippen LogP contribution is -2.06. The van der Waals surface area contributed by atoms with Gasteiger partial charge in [0.2, 0.25) is 0 Å². The highest BCUT2D eigenvalue weighted by Crippen LogP contribution is 2.11. The molecule has 0 aliphatic carbocycles. The van der Waals surface area contributed by atoms with E-state index in [1.54, 1.807) is 7.11 Å². The molecule has 0 aromatic carbocycles. The van der Waals surface area contributed by atoms with Crippen molar-refractivity contribution in [3.8, 4) is 0 Å². The van der Waals surface area contributed by atoms with E-state index in [0.29, 0.717) is 18.0 Å². The summed E-state index contributed by atoms with van der Waals surface area (Å²) in [4.78, 5) is 18.8. The first-order chi connectivity index (χ1) is 7.72. The molecule has 16 heavy (non-hydrogen) atoms. The molecule has 0 saturated carbocycles. The Hall–Kier alpha value is -1.36. The highest BCUT2D eigenvalue weighted by atomic mass is 16.5. The fourth-order valence-electron chi connectivity index (χ4n) is 1.44. The van der Waals surface area contributed by atoms with E-state index >= 15 is 0 Å². The van der Waals surface area contributed by atoms with Gasteiger partial charge in [-0.25, -0.2) is 9.78 Å². The van der Waals surface area contributed by atoms with Gasteiger partial charge in [-0.05, 0) is 6.42 Å². The van der Waals surface area contributed by atoms with Gasteiger partial charge in [0.15, 0.2) is 5.69 Å². The Morgan fingerprint density at radius 1 is 1.44 bits per heavy atom. The average Bonchev–Trinajstić information content (AvgIpc) is 2.69. The third-order valence-electron chi connectivity index (χ3n) is 2.27. The van der Waals surface area contributed by atoms with Gasteiger partial charge in [0.1, 0.15) is 5.82 Å². The Morgan fingerprint density at radius 2 is 2.19 bits per heavy atom. The Morgan fingerprint density at radius 3 is 2.75 bits per heavy atom. The van der Waals surface area contributed by atoms with Gasteiger partial charge < -0.3 is 14.5 Å². The van der Waals surface area contributed by atoms with Crippen LogP contribution < -0.4 is 0 Å². The minimum Gasteiger partial charge on any atom is -0.464 e. The van der Waals surface area contributed by atoms with Crippen molar-refractivity contribution in [2.75, 3.05) is 14.2 Å². The fraction of sp³-hybridized carbons (Fsp3) is 0.636. The van der Waals surface area contributed by atoms with Crippen molar-refractivity contribution in [2.24, 2.45) is 0 Å². The van der Waals surface area contributed by atoms with Gasteiger partial charge >= 0.3 is 5.97 Å². The molecule has 0 fully saturated rings. The van der Waals surface area contributed by atoms with Crippen LogP contribution in [0.3, 0.4) is 0 Å². The second-order valence-corrected chi connectivity index (χ2v) is 3.53. The Balaban J connectivity index is 2.86. The maximum atomic E-state index is 11.4. The summed E-state index contributed by atoms with van der Waals surface area (Å²) in [5.41, 5.74) is 1.01. The number of nitrogens with zero attached hydrogens (tertiary/aromatic N) is 1. The van der Waals surface area contributed by atoms with E-state index in [-0.39, 0.29) is 0 Å². The summed E-state index contributed by atoms with van der Waals surface area (Å²) in [6.07, 6.45) is 2.97. The minimum absolute atomic E-state index is 0.313. The number of aromatic amines is 1. The second-order valence-electron chi connectivity index (χ2n) is 3.53. The van der Waals surface area contributed by atoms with E-state index < -0.39 is 5.97 Å². The zero-order valence-electron chi connectivity index (χ0n) is 10.0. The number of unbranched alkanes of at least 4 members (excludes halogenated alkanes) is 1. The predicted molar refractivity (Wildman–Crippen MR) is 59.3 cm³/mol. The van der Waals surface area contributed by atoms with Crippen LogP contribution in [0.25, 0.3) is 0 Å². The molecule has 1 heterocycles. The lowest BCUT2D eigenvalue weighted by atomic mass is 10.2. The Kier molecular flexibility index (Phi) is 4.98. The molecular formula is C11H18N2O3. The third kappa shape index (κ3) is 3.06. The number of carbonyl (C=O) groups excluding carboxylic acids is 1. The highest BCUT2D eigenvalue weighted by molar-refractivity contribution is 5.88. The van der Waals surface area contributed by atoms with E-state index in [1.165, 1.54) is 7.11 Å². The van der Waals surface area contributed by atoms with Gasteiger partial charge in [0, 0.05) is 13.5 Å². The number of esters is 1. The number of hydrogen-bond donors (Lipinski definition) is 1. The van der Waals surface area contributed by atoms with Crippen molar-refractivity contribution in [3.05, 3.63) is 17.2 Å². The van der Waals surface area contributed by atoms with E-state index in [4.69, 9.17) is 4.74 Å². The molecule has 0 atom stereocenters. The van der Waals surface area contributed by atoms with Crippen LogP contribution in [-0.4, -0.2) is 30.2 Å². The number of H-pyrrole nitrogens is 1. The van der Waals surface area contributed by atoms with Crippen LogP contribution >= 0.6 is 0 Å². The van der Waals surface area contributed by atoms with Gasteiger partial charge in [-0.1, -0.05) is 13.3 Å². The summed E-state index contributed by atoms with van der Waals surface area (Å²) in [7, 11) is 2.92. The smallest absolute Gasteiger partial charge is 0.356 e. The molecule has 5 nitrogen and oxygen atoms in total. The number of carbonyl (C=O) groups is 1. The first-order valence-electron chi connectivity index (χ1n) is 5.37. The molecule has 90 valence electrons. The summed E-state index contributed by atoms with van der Waals surface area (Å²) in [5.74, 6) is 0.414. The lowest BCUT2D eigenvalue weighted by Gasteiger charge is -1.98. The maximum Gasteiger partial charge on any atom is 0.356 e. The molecule has 1 aromatic rings. The molecule has 1 N–H and O–H groups in total. The molecule has 0 aliphatic rings. The number of rotatable bonds is 6. The van der Waals surface area contributed by atoms with E-state index in [0.717, 1.165) is 25.1 Å². The molecule has 0 radical (unpaired) electrons. The van der Waals surface area contributed by atoms with Crippen molar-refractivity contribution < 1.29 is 14.3 Å². The largest absolute Gasteiger partial charge is 0.464 e. The van der Waals surface area contributed by atoms with Crippen LogP contribution in [0.15, 0.2) is 0 Å². The van der Waals surface area contributed by atoms with E-state index in [9.17, 15) is 4.79 Å². The topological polar surface area (TPSA) is 64.2 Å². The second kappa shape index (κ2) is 6.27. The number of imidazole rings is 1. The third-order valence-corrected chi connectivity index (χ3v) is 2.27. The van der Waals surface area contributed by atoms with E-state index in [2.05, 4.69) is 21.6 Å². The van der Waals surface area contributed by atoms with Gasteiger partial charge in [0.05, 0.1) is 19.4 Å². The number of hydrogen-bond acceptors (Lipinski definition) is 4. The van der Waals surface area contributed by atoms with Gasteiger partial charge in [-0.15, -0.1) is 0 Å². The number of methoxy groups -OCH3 is 2. The van der Waals surface area contributed by atoms with Crippen molar-refractivity contribution in [2.45, 2.75) is 32.8 Å². The number of aromatic nitrogens is 2. The number of ether oxygens (including phenoxy) is 2. The van der Waals surface area contributed by atoms with Crippen molar-refractivity contribution in [1.82, 2.24) is 9.97 Å². The monoisotopic (exact) mass is 226 g/mol. The number of nitrogens with one attached hydrogen (secondary N) is 1. The predicted octanol–water partition coefficient (Wildman–Crippen LogP) is 1.69. The molecule has 0 saturated heterocycles. The molecule has 1 aromatic heterocycles. The van der Waals surface area contributed by atoms with Crippen LogP contribution in [0.2, 0.25) is 0 Å². The van der Waals surface area contributed by atoms with E-state index in [1.807, 2.05) is 0 Å². The maximum absolute atomic E-state index is 11.4. The molecular weight excluding hydrogens is 208 g/mol. The summed E-state index contributed by atoms with van der Waals surface area (Å²) in [6.45, 7) is 2.42. The highest BCUT2D eigenvalue weighted by Gasteiger charge is 2.17. The van der Waals surface area contributed by atoms with Crippen LogP contribution in [0, 0.1) is 0 Å². The molecule has 0 bridgehead atoms. The zero-order chi connectivity index (χ0) is 12.0. The van der Waals surface area contributed by atoms with Gasteiger partial charge in [-0.2, -0.15) is 0 Å². The molecule has 0 unspecified atom stereocenters. The summed E-state index contributed by atoms with van der Waals surface area (Å²) < 4.78 is 9.67. The Bertz CT molecular complexity index is 347. The van der Waals surface area contributed by atoms with Crippen LogP contribution in [0.1, 0.15) is 41.8 Å². The SMILES string of the molecule is CCCCc1nc(COC)c(C(=O)OC)[nH]1. The average molecular weight is 226 g/mol. The van der Waals surface area contributed by atoms with Gasteiger partial charge in [-0.3, -0.25) is 0 Å². The summed E-state index contributed by atoms with van der Waals surface area (Å²) in [6, 6.07) is 0. The molecule has 1 rings (SSSR count). The zero-order valence-corrected chi connectivity index (χ0v) is 10.0. The minimum atomic E-state index is -0.401. The summed E-state index contributed by atoms with van der Waals surface area (Å²) >= 11 is 0. The van der Waals surface area contributed by atoms with Crippen LogP contribution in [0.4, 0.5) is 0 Å². The molecule has 0 amide bonds. The molecule has 0 aliphatic heterocycles. The quantitative estimate of drug-likeness (QED) is 0.750. The van der Waals surface area contributed by atoms with Crippen molar-refractivity contribution in [1.29, 1.82) is 0 Å². The summed E-state index contributed by atoms with van der Waals surface area (Å²) in [5, 5.41) is 0. The number of aryl methyl sites for hydroxylation is 1. The lowest BCUT2D eigenvalue weighted by molar-refractivity contribution is 0.0589. The molecule has 5 heteroatoms. The fourth-order valence-corrected chi connectivity index (χ4v) is 1.44. The van der Waals surface area contributed by atoms with Crippen molar-refractivity contribution >= 4 is 5.97 Å². The van der Waals surface area contributed by atoms with Crippen LogP contribution in [-0.2, 0) is 22.5 Å². The first-order valence-corrected chi connectivity index (χ1v) is 5.37. The molecule has 0 spiro atoms. The normalized spacial score (nSPS) is 10.4. The van der Waals surface area contributed by atoms with Gasteiger partial charge in [0.25, 0.3) is 0 Å². The first kappa shape index (κ1) is 12.7.